The highest BCUT2D eigenvalue weighted by molar-refractivity contribution is 5.94. The molecule has 2 spiro atoms. The predicted molar refractivity (Wildman–Crippen MR) is 133 cm³/mol. The molecule has 1 heterocycles. The Bertz CT molecular complexity index is 808. The van der Waals surface area contributed by atoms with Gasteiger partial charge in [-0.3, -0.25) is 9.59 Å². The van der Waals surface area contributed by atoms with E-state index in [1.165, 1.54) is 71.1 Å². The zero-order valence-corrected chi connectivity index (χ0v) is 22.3. The molecule has 8 atom stereocenters. The lowest BCUT2D eigenvalue weighted by molar-refractivity contribution is -0.160. The molecule has 1 saturated heterocycles. The van der Waals surface area contributed by atoms with Crippen LogP contribution in [0.5, 0.6) is 0 Å². The first-order valence-corrected chi connectivity index (χ1v) is 14.6. The minimum absolute atomic E-state index is 0.0156. The Hall–Kier alpha value is -0.900. The molecule has 0 aromatic carbocycles. The highest BCUT2D eigenvalue weighted by atomic mass is 16.6. The Morgan fingerprint density at radius 3 is 2.47 bits per heavy atom. The SMILES string of the molecule is CCCCCCCCC[C@H]1CCC23OC24C(=O)C[C@H]2C[C@@H](OC(C)=O)CC[C@]2(C)[C@H]4CC[C@]13C. The van der Waals surface area contributed by atoms with Gasteiger partial charge in [-0.25, -0.2) is 0 Å². The third kappa shape index (κ3) is 3.47. The summed E-state index contributed by atoms with van der Waals surface area (Å²) < 4.78 is 12.5. The summed E-state index contributed by atoms with van der Waals surface area (Å²) in [6.07, 6.45) is 19.0. The second kappa shape index (κ2) is 8.89. The zero-order chi connectivity index (χ0) is 24.2. The molecule has 34 heavy (non-hydrogen) atoms. The summed E-state index contributed by atoms with van der Waals surface area (Å²) in [5, 5.41) is 0. The minimum atomic E-state index is -0.506. The van der Waals surface area contributed by atoms with E-state index in [0.717, 1.165) is 32.1 Å². The number of hydrogen-bond acceptors (Lipinski definition) is 4. The molecule has 2 unspecified atom stereocenters. The highest BCUT2D eigenvalue weighted by Crippen LogP contribution is 2.80. The van der Waals surface area contributed by atoms with Crippen molar-refractivity contribution in [2.45, 2.75) is 148 Å². The minimum Gasteiger partial charge on any atom is -0.463 e. The van der Waals surface area contributed by atoms with Gasteiger partial charge in [-0.2, -0.15) is 0 Å². The molecule has 192 valence electrons. The van der Waals surface area contributed by atoms with E-state index < -0.39 is 5.60 Å². The van der Waals surface area contributed by atoms with Gasteiger partial charge < -0.3 is 9.47 Å². The van der Waals surface area contributed by atoms with Crippen LogP contribution < -0.4 is 0 Å². The van der Waals surface area contributed by atoms with Crippen LogP contribution >= 0.6 is 0 Å². The molecule has 0 aromatic rings. The van der Waals surface area contributed by atoms with Gasteiger partial charge in [0.25, 0.3) is 0 Å². The number of carbonyl (C=O) groups is 2. The zero-order valence-electron chi connectivity index (χ0n) is 22.3. The topological polar surface area (TPSA) is 55.9 Å². The Kier molecular flexibility index (Phi) is 6.48. The fraction of sp³-hybridized carbons (Fsp3) is 0.933. The smallest absolute Gasteiger partial charge is 0.302 e. The van der Waals surface area contributed by atoms with Crippen molar-refractivity contribution in [3.63, 3.8) is 0 Å². The number of fused-ring (bicyclic) bond motifs is 2. The van der Waals surface area contributed by atoms with Crippen molar-refractivity contribution in [1.82, 2.24) is 0 Å². The van der Waals surface area contributed by atoms with E-state index in [2.05, 4.69) is 20.8 Å². The molecule has 0 N–H and O–H groups in total. The Labute approximate surface area is 207 Å². The van der Waals surface area contributed by atoms with E-state index >= 15 is 0 Å². The lowest BCUT2D eigenvalue weighted by atomic mass is 9.44. The Balaban J connectivity index is 1.26. The number of esters is 1. The first-order chi connectivity index (χ1) is 16.2. The number of carbonyl (C=O) groups excluding carboxylic acids is 2. The monoisotopic (exact) mass is 472 g/mol. The van der Waals surface area contributed by atoms with Crippen molar-refractivity contribution in [3.8, 4) is 0 Å². The van der Waals surface area contributed by atoms with Gasteiger partial charge >= 0.3 is 5.97 Å². The summed E-state index contributed by atoms with van der Waals surface area (Å²) in [5.41, 5.74) is -0.396. The van der Waals surface area contributed by atoms with E-state index in [1.807, 2.05) is 0 Å². The first-order valence-electron chi connectivity index (χ1n) is 14.6. The second-order valence-corrected chi connectivity index (χ2v) is 13.2. The van der Waals surface area contributed by atoms with Crippen LogP contribution in [0.1, 0.15) is 130 Å². The maximum absolute atomic E-state index is 13.9. The van der Waals surface area contributed by atoms with Crippen LogP contribution in [-0.4, -0.2) is 29.1 Å². The average Bonchev–Trinajstić information content (AvgIpc) is 3.41. The van der Waals surface area contributed by atoms with Gasteiger partial charge in [0.1, 0.15) is 11.7 Å². The lowest BCUT2D eigenvalue weighted by Gasteiger charge is -2.57. The van der Waals surface area contributed by atoms with Gasteiger partial charge in [0.2, 0.25) is 0 Å². The largest absolute Gasteiger partial charge is 0.463 e. The maximum atomic E-state index is 13.9. The van der Waals surface area contributed by atoms with Crippen LogP contribution in [0.25, 0.3) is 0 Å². The molecule has 5 fully saturated rings. The predicted octanol–water partition coefficient (Wildman–Crippen LogP) is 7.17. The molecule has 4 nitrogen and oxygen atoms in total. The van der Waals surface area contributed by atoms with Gasteiger partial charge in [0.05, 0.1) is 0 Å². The van der Waals surface area contributed by atoms with E-state index in [1.54, 1.807) is 0 Å². The van der Waals surface area contributed by atoms with Crippen LogP contribution in [0.15, 0.2) is 0 Å². The molecule has 4 heteroatoms. The molecule has 0 radical (unpaired) electrons. The number of Topliss-reactive ketones (excluding diaryl/α,β-unsaturated/α-hetero) is 1. The third-order valence-corrected chi connectivity index (χ3v) is 11.6. The molecule has 1 aliphatic heterocycles. The molecule has 4 aliphatic carbocycles. The van der Waals surface area contributed by atoms with Crippen molar-refractivity contribution in [3.05, 3.63) is 0 Å². The molecule has 5 aliphatic rings. The molecule has 0 amide bonds. The highest BCUT2D eigenvalue weighted by Gasteiger charge is 2.89. The van der Waals surface area contributed by atoms with Gasteiger partial charge in [0.15, 0.2) is 11.4 Å². The van der Waals surface area contributed by atoms with E-state index in [9.17, 15) is 9.59 Å². The maximum Gasteiger partial charge on any atom is 0.302 e. The molecular formula is C30H48O4. The fourth-order valence-electron chi connectivity index (χ4n) is 9.70. The Morgan fingerprint density at radius 2 is 1.74 bits per heavy atom. The fourth-order valence-corrected chi connectivity index (χ4v) is 9.70. The van der Waals surface area contributed by atoms with Crippen molar-refractivity contribution in [2.24, 2.45) is 28.6 Å². The van der Waals surface area contributed by atoms with Gasteiger partial charge in [-0.15, -0.1) is 0 Å². The number of epoxide rings is 1. The van der Waals surface area contributed by atoms with Crippen LogP contribution in [0.3, 0.4) is 0 Å². The van der Waals surface area contributed by atoms with E-state index in [-0.39, 0.29) is 28.5 Å². The summed E-state index contributed by atoms with van der Waals surface area (Å²) in [6.45, 7) is 8.70. The van der Waals surface area contributed by atoms with Crippen LogP contribution in [0.4, 0.5) is 0 Å². The van der Waals surface area contributed by atoms with Crippen molar-refractivity contribution >= 4 is 11.8 Å². The van der Waals surface area contributed by atoms with Crippen LogP contribution in [0.2, 0.25) is 0 Å². The standard InChI is InChI=1S/C30H48O4/c1-5-6-7-8-9-10-11-12-22-13-18-29-28(22,4)17-15-25-27(3)16-14-24(33-21(2)31)19-23(27)20-26(32)30(25,29)34-29/h22-25H,5-20H2,1-4H3/t22-,23+,24-,25+,27-,28+,29?,30?/m0/s1. The van der Waals surface area contributed by atoms with Crippen molar-refractivity contribution < 1.29 is 19.1 Å². The van der Waals surface area contributed by atoms with Crippen molar-refractivity contribution in [2.75, 3.05) is 0 Å². The lowest BCUT2D eigenvalue weighted by Crippen LogP contribution is -2.62. The van der Waals surface area contributed by atoms with Crippen LogP contribution in [0, 0.1) is 28.6 Å². The van der Waals surface area contributed by atoms with Crippen LogP contribution in [-0.2, 0) is 19.1 Å². The quantitative estimate of drug-likeness (QED) is 0.203. The molecule has 5 rings (SSSR count). The number of ether oxygens (including phenoxy) is 2. The summed E-state index contributed by atoms with van der Waals surface area (Å²) in [7, 11) is 0. The second-order valence-electron chi connectivity index (χ2n) is 13.2. The number of rotatable bonds is 9. The molecule has 0 aromatic heterocycles. The van der Waals surface area contributed by atoms with Crippen molar-refractivity contribution in [1.29, 1.82) is 0 Å². The normalized spacial score (nSPS) is 46.8. The summed E-state index contributed by atoms with van der Waals surface area (Å²) >= 11 is 0. The van der Waals surface area contributed by atoms with Gasteiger partial charge in [-0.1, -0.05) is 65.7 Å². The number of hydrogen-bond donors (Lipinski definition) is 0. The molecule has 0 bridgehead atoms. The average molecular weight is 473 g/mol. The summed E-state index contributed by atoms with van der Waals surface area (Å²) in [6, 6.07) is 0. The molecule has 4 saturated carbocycles. The van der Waals surface area contributed by atoms with E-state index in [0.29, 0.717) is 30.0 Å². The molecular weight excluding hydrogens is 424 g/mol. The summed E-state index contributed by atoms with van der Waals surface area (Å²) in [5.74, 6) is 1.56. The number of unbranched alkanes of at least 4 members (excludes halogenated alkanes) is 6. The Morgan fingerprint density at radius 1 is 1.00 bits per heavy atom. The van der Waals surface area contributed by atoms with Gasteiger partial charge in [-0.05, 0) is 68.6 Å². The number of ketones is 1. The van der Waals surface area contributed by atoms with Gasteiger partial charge in [0, 0.05) is 24.7 Å². The summed E-state index contributed by atoms with van der Waals surface area (Å²) in [4.78, 5) is 25.4. The first kappa shape index (κ1) is 24.8. The third-order valence-electron chi connectivity index (χ3n) is 11.6. The van der Waals surface area contributed by atoms with E-state index in [4.69, 9.17) is 9.47 Å².